The molecule has 4 rings (SSSR count). The molecule has 2 aromatic carbocycles. The lowest BCUT2D eigenvalue weighted by Crippen LogP contribution is -2.37. The molecule has 0 atom stereocenters. The summed E-state index contributed by atoms with van der Waals surface area (Å²) < 4.78 is 40.7. The van der Waals surface area contributed by atoms with Crippen LogP contribution in [0.2, 0.25) is 5.02 Å². The molecule has 0 bridgehead atoms. The van der Waals surface area contributed by atoms with Crippen molar-refractivity contribution in [2.75, 3.05) is 5.32 Å². The second-order valence-electron chi connectivity index (χ2n) is 8.52. The van der Waals surface area contributed by atoms with Gasteiger partial charge in [-0.15, -0.1) is 11.3 Å². The quantitative estimate of drug-likeness (QED) is 0.223. The summed E-state index contributed by atoms with van der Waals surface area (Å²) in [6.07, 6.45) is 3.29. The fraction of sp³-hybridized carbons (Fsp3) is 0.280. The van der Waals surface area contributed by atoms with Gasteiger partial charge >= 0.3 is 0 Å². The van der Waals surface area contributed by atoms with Crippen molar-refractivity contribution in [3.63, 3.8) is 0 Å². The van der Waals surface area contributed by atoms with Crippen molar-refractivity contribution in [2.45, 2.75) is 38.1 Å². The molecule has 36 heavy (non-hydrogen) atoms. The fourth-order valence-electron chi connectivity index (χ4n) is 4.05. The summed E-state index contributed by atoms with van der Waals surface area (Å²) in [7, 11) is 0. The normalized spacial score (nSPS) is 18.1. The Hall–Kier alpha value is -3.24. The van der Waals surface area contributed by atoms with Crippen LogP contribution in [-0.2, 0) is 0 Å². The van der Waals surface area contributed by atoms with Gasteiger partial charge in [0.2, 0.25) is 5.96 Å². The van der Waals surface area contributed by atoms with Crippen molar-refractivity contribution in [1.29, 1.82) is 0 Å². The first-order valence-electron chi connectivity index (χ1n) is 11.3. The third kappa shape index (κ3) is 6.92. The minimum atomic E-state index is -1.16. The Morgan fingerprint density at radius 3 is 2.50 bits per heavy atom. The molecule has 6 nitrogen and oxygen atoms in total. The van der Waals surface area contributed by atoms with E-state index in [1.807, 2.05) is 0 Å². The molecule has 0 radical (unpaired) electrons. The summed E-state index contributed by atoms with van der Waals surface area (Å²) >= 11 is 7.32. The van der Waals surface area contributed by atoms with Gasteiger partial charge in [-0.3, -0.25) is 14.9 Å². The molecule has 0 saturated heterocycles. The number of ketones is 1. The van der Waals surface area contributed by atoms with E-state index in [0.717, 1.165) is 37.1 Å². The highest BCUT2D eigenvalue weighted by atomic mass is 35.5. The SMILES string of the molecule is O=C(NC(=NC1CCC(CC(=O)c2cscn2)CC1)Nc1cc(F)cc(Cl)c1)c1ccc(F)c(F)c1. The number of amides is 1. The van der Waals surface area contributed by atoms with E-state index >= 15 is 0 Å². The van der Waals surface area contributed by atoms with E-state index in [-0.39, 0.29) is 40.0 Å². The Morgan fingerprint density at radius 1 is 1.06 bits per heavy atom. The Labute approximate surface area is 214 Å². The smallest absolute Gasteiger partial charge is 0.258 e. The molecular formula is C25H22ClF3N4O2S. The topological polar surface area (TPSA) is 83.5 Å². The predicted molar refractivity (Wildman–Crippen MR) is 133 cm³/mol. The summed E-state index contributed by atoms with van der Waals surface area (Å²) in [4.78, 5) is 33.7. The highest BCUT2D eigenvalue weighted by Gasteiger charge is 2.25. The molecule has 1 aliphatic carbocycles. The minimum Gasteiger partial charge on any atom is -0.326 e. The van der Waals surface area contributed by atoms with Crippen LogP contribution >= 0.6 is 22.9 Å². The van der Waals surface area contributed by atoms with Crippen molar-refractivity contribution < 1.29 is 22.8 Å². The van der Waals surface area contributed by atoms with Crippen molar-refractivity contribution in [1.82, 2.24) is 10.3 Å². The van der Waals surface area contributed by atoms with Crippen LogP contribution in [0.3, 0.4) is 0 Å². The monoisotopic (exact) mass is 534 g/mol. The number of nitrogens with zero attached hydrogens (tertiary/aromatic N) is 2. The summed E-state index contributed by atoms with van der Waals surface area (Å²) in [5.41, 5.74) is 2.27. The largest absolute Gasteiger partial charge is 0.326 e. The van der Waals surface area contributed by atoms with E-state index in [0.29, 0.717) is 25.0 Å². The molecule has 0 unspecified atom stereocenters. The van der Waals surface area contributed by atoms with E-state index in [9.17, 15) is 22.8 Å². The van der Waals surface area contributed by atoms with Gasteiger partial charge in [0.05, 0.1) is 11.6 Å². The van der Waals surface area contributed by atoms with Crippen LogP contribution < -0.4 is 10.6 Å². The van der Waals surface area contributed by atoms with Crippen LogP contribution in [0.5, 0.6) is 0 Å². The molecule has 0 aliphatic heterocycles. The minimum absolute atomic E-state index is 0.0207. The molecule has 1 saturated carbocycles. The van der Waals surface area contributed by atoms with E-state index < -0.39 is 23.4 Å². The third-order valence-electron chi connectivity index (χ3n) is 5.86. The van der Waals surface area contributed by atoms with Crippen LogP contribution in [0.25, 0.3) is 0 Å². The Kier molecular flexibility index (Phi) is 8.37. The van der Waals surface area contributed by atoms with Gasteiger partial charge in [-0.1, -0.05) is 11.6 Å². The maximum absolute atomic E-state index is 13.8. The highest BCUT2D eigenvalue weighted by molar-refractivity contribution is 7.07. The van der Waals surface area contributed by atoms with E-state index in [1.165, 1.54) is 23.5 Å². The first kappa shape index (κ1) is 25.8. The first-order chi connectivity index (χ1) is 17.3. The van der Waals surface area contributed by atoms with Gasteiger partial charge in [0.1, 0.15) is 11.5 Å². The molecule has 11 heteroatoms. The molecular weight excluding hydrogens is 513 g/mol. The molecule has 1 aromatic heterocycles. The number of carbonyl (C=O) groups is 2. The number of aromatic nitrogens is 1. The molecule has 1 fully saturated rings. The number of Topliss-reactive ketones (excluding diaryl/α,β-unsaturated/α-hetero) is 1. The van der Waals surface area contributed by atoms with Gasteiger partial charge in [0.25, 0.3) is 5.91 Å². The number of nitrogens with one attached hydrogen (secondary N) is 2. The average molecular weight is 535 g/mol. The summed E-state index contributed by atoms with van der Waals surface area (Å²) in [6, 6.07) is 6.40. The standard InChI is InChI=1S/C25H22ClF3N4O2S/c26-16-9-17(27)11-19(10-16)32-25(33-24(35)15-3-6-20(28)21(29)8-15)31-18-4-1-14(2-5-18)7-23(34)22-12-36-13-30-22/h3,6,8-14,18H,1-2,4-5,7H2,(H2,31,32,33,35). The van der Waals surface area contributed by atoms with Crippen LogP contribution in [0.4, 0.5) is 18.9 Å². The van der Waals surface area contributed by atoms with Crippen molar-refractivity contribution in [2.24, 2.45) is 10.9 Å². The van der Waals surface area contributed by atoms with E-state index in [2.05, 4.69) is 20.6 Å². The van der Waals surface area contributed by atoms with Gasteiger partial charge in [-0.25, -0.2) is 23.1 Å². The summed E-state index contributed by atoms with van der Waals surface area (Å²) in [5.74, 6) is -3.28. The lowest BCUT2D eigenvalue weighted by Gasteiger charge is -2.26. The van der Waals surface area contributed by atoms with Gasteiger partial charge in [-0.05, 0) is 68.0 Å². The Balaban J connectivity index is 1.46. The first-order valence-corrected chi connectivity index (χ1v) is 12.6. The number of guanidine groups is 1. The van der Waals surface area contributed by atoms with Crippen LogP contribution in [0, 0.1) is 23.4 Å². The highest BCUT2D eigenvalue weighted by Crippen LogP contribution is 2.30. The third-order valence-corrected chi connectivity index (χ3v) is 6.66. The van der Waals surface area contributed by atoms with Crippen molar-refractivity contribution >= 4 is 46.3 Å². The number of anilines is 1. The lowest BCUT2D eigenvalue weighted by molar-refractivity contribution is 0.0941. The number of benzene rings is 2. The maximum Gasteiger partial charge on any atom is 0.258 e. The lowest BCUT2D eigenvalue weighted by atomic mass is 9.83. The number of rotatable bonds is 6. The van der Waals surface area contributed by atoms with Crippen LogP contribution in [0.1, 0.15) is 53.0 Å². The van der Waals surface area contributed by atoms with Crippen LogP contribution in [-0.4, -0.2) is 28.7 Å². The second-order valence-corrected chi connectivity index (χ2v) is 9.67. The van der Waals surface area contributed by atoms with Crippen molar-refractivity contribution in [3.8, 4) is 0 Å². The predicted octanol–water partition coefficient (Wildman–Crippen LogP) is 6.24. The fourth-order valence-corrected chi connectivity index (χ4v) is 4.83. The number of hydrogen-bond acceptors (Lipinski definition) is 5. The number of carbonyl (C=O) groups excluding carboxylic acids is 2. The zero-order valence-corrected chi connectivity index (χ0v) is 20.5. The zero-order chi connectivity index (χ0) is 25.7. The molecule has 188 valence electrons. The number of halogens is 4. The van der Waals surface area contributed by atoms with Gasteiger partial charge in [0, 0.05) is 28.1 Å². The Morgan fingerprint density at radius 2 is 1.83 bits per heavy atom. The average Bonchev–Trinajstić information content (AvgIpc) is 3.36. The molecule has 3 aromatic rings. The number of aliphatic imine (C=N–C) groups is 1. The molecule has 1 amide bonds. The van der Waals surface area contributed by atoms with E-state index in [1.54, 1.807) is 10.9 Å². The summed E-state index contributed by atoms with van der Waals surface area (Å²) in [5, 5.41) is 7.31. The second kappa shape index (κ2) is 11.7. The van der Waals surface area contributed by atoms with E-state index in [4.69, 9.17) is 11.6 Å². The van der Waals surface area contributed by atoms with Gasteiger partial charge in [0.15, 0.2) is 17.4 Å². The summed E-state index contributed by atoms with van der Waals surface area (Å²) in [6.45, 7) is 0. The number of hydrogen-bond donors (Lipinski definition) is 2. The number of thiazole rings is 1. The Bertz CT molecular complexity index is 1260. The zero-order valence-electron chi connectivity index (χ0n) is 18.9. The molecule has 1 aliphatic rings. The van der Waals surface area contributed by atoms with Crippen LogP contribution in [0.15, 0.2) is 52.3 Å². The molecule has 0 spiro atoms. The van der Waals surface area contributed by atoms with Crippen molar-refractivity contribution in [3.05, 3.63) is 81.0 Å². The molecule has 1 heterocycles. The van der Waals surface area contributed by atoms with Gasteiger partial charge in [-0.2, -0.15) is 0 Å². The maximum atomic E-state index is 13.8. The van der Waals surface area contributed by atoms with Gasteiger partial charge < -0.3 is 5.32 Å². The molecule has 2 N–H and O–H groups in total.